The molecule has 1 atom stereocenters. The number of carbonyl (C=O) groups is 1. The monoisotopic (exact) mass is 360 g/mol. The van der Waals surface area contributed by atoms with Gasteiger partial charge in [-0.05, 0) is 37.3 Å². The van der Waals surface area contributed by atoms with Gasteiger partial charge in [0.1, 0.15) is 17.2 Å². The molecule has 2 aromatic carbocycles. The number of rotatable bonds is 4. The van der Waals surface area contributed by atoms with Crippen molar-refractivity contribution in [2.24, 2.45) is 5.10 Å². The van der Waals surface area contributed by atoms with E-state index in [0.717, 1.165) is 22.6 Å². The summed E-state index contributed by atoms with van der Waals surface area (Å²) < 4.78 is 11.0. The van der Waals surface area contributed by atoms with E-state index in [1.807, 2.05) is 67.6 Å². The Balaban J connectivity index is 1.76. The Morgan fingerprint density at radius 3 is 2.74 bits per heavy atom. The lowest BCUT2D eigenvalue weighted by Crippen LogP contribution is -2.27. The molecule has 0 N–H and O–H groups in total. The normalized spacial score (nSPS) is 16.3. The highest BCUT2D eigenvalue weighted by atomic mass is 16.5. The van der Waals surface area contributed by atoms with Gasteiger partial charge in [-0.25, -0.2) is 5.01 Å². The lowest BCUT2D eigenvalue weighted by atomic mass is 9.99. The standard InChI is InChI=1S/C22H20N2O3/c1-15-7-5-8-16(13-15)22(25)24-19(17-9-3-4-10-20(17)26-2)14-18(23-24)21-11-6-12-27-21/h3-13,19H,14H2,1-2H3. The van der Waals surface area contributed by atoms with E-state index < -0.39 is 0 Å². The van der Waals surface area contributed by atoms with Crippen molar-refractivity contribution in [2.45, 2.75) is 19.4 Å². The quantitative estimate of drug-likeness (QED) is 0.684. The number of hydrogen-bond acceptors (Lipinski definition) is 4. The van der Waals surface area contributed by atoms with Crippen LogP contribution in [0.4, 0.5) is 0 Å². The molecule has 1 unspecified atom stereocenters. The van der Waals surface area contributed by atoms with Gasteiger partial charge in [-0.3, -0.25) is 4.79 Å². The smallest absolute Gasteiger partial charge is 0.274 e. The predicted molar refractivity (Wildman–Crippen MR) is 103 cm³/mol. The van der Waals surface area contributed by atoms with Crippen molar-refractivity contribution in [1.29, 1.82) is 0 Å². The fourth-order valence-corrected chi connectivity index (χ4v) is 3.38. The van der Waals surface area contributed by atoms with Gasteiger partial charge < -0.3 is 9.15 Å². The molecule has 5 nitrogen and oxygen atoms in total. The summed E-state index contributed by atoms with van der Waals surface area (Å²) in [5.41, 5.74) is 3.31. The van der Waals surface area contributed by atoms with E-state index in [4.69, 9.17) is 9.15 Å². The zero-order valence-corrected chi connectivity index (χ0v) is 15.3. The molecule has 0 saturated carbocycles. The van der Waals surface area contributed by atoms with Gasteiger partial charge in [0.25, 0.3) is 5.91 Å². The number of methoxy groups -OCH3 is 1. The molecule has 27 heavy (non-hydrogen) atoms. The molecule has 136 valence electrons. The van der Waals surface area contributed by atoms with Gasteiger partial charge in [-0.15, -0.1) is 0 Å². The van der Waals surface area contributed by atoms with Crippen LogP contribution in [-0.4, -0.2) is 23.7 Å². The minimum atomic E-state index is -0.255. The Labute approximate surface area is 157 Å². The van der Waals surface area contributed by atoms with E-state index in [1.54, 1.807) is 18.4 Å². The van der Waals surface area contributed by atoms with Crippen molar-refractivity contribution < 1.29 is 13.9 Å². The zero-order valence-electron chi connectivity index (χ0n) is 15.3. The molecule has 0 fully saturated rings. The van der Waals surface area contributed by atoms with Crippen LogP contribution in [0.2, 0.25) is 0 Å². The van der Waals surface area contributed by atoms with Crippen molar-refractivity contribution in [3.05, 3.63) is 89.4 Å². The third-order valence-electron chi connectivity index (χ3n) is 4.69. The van der Waals surface area contributed by atoms with Crippen LogP contribution in [-0.2, 0) is 0 Å². The maximum absolute atomic E-state index is 13.2. The van der Waals surface area contributed by atoms with Crippen LogP contribution in [0.5, 0.6) is 5.75 Å². The summed E-state index contributed by atoms with van der Waals surface area (Å²) in [5.74, 6) is 1.27. The van der Waals surface area contributed by atoms with E-state index >= 15 is 0 Å². The number of para-hydroxylation sites is 1. The van der Waals surface area contributed by atoms with Crippen LogP contribution in [0.25, 0.3) is 0 Å². The lowest BCUT2D eigenvalue weighted by Gasteiger charge is -2.23. The maximum atomic E-state index is 13.2. The highest BCUT2D eigenvalue weighted by Gasteiger charge is 2.36. The second-order valence-electron chi connectivity index (χ2n) is 6.51. The van der Waals surface area contributed by atoms with Crippen LogP contribution in [0, 0.1) is 6.92 Å². The molecule has 5 heteroatoms. The average Bonchev–Trinajstić information content (AvgIpc) is 3.37. The number of carbonyl (C=O) groups excluding carboxylic acids is 1. The molecule has 1 amide bonds. The fourth-order valence-electron chi connectivity index (χ4n) is 3.38. The van der Waals surface area contributed by atoms with Crippen LogP contribution in [0.3, 0.4) is 0 Å². The highest BCUT2D eigenvalue weighted by Crippen LogP contribution is 2.38. The topological polar surface area (TPSA) is 55.0 Å². The van der Waals surface area contributed by atoms with E-state index in [0.29, 0.717) is 17.7 Å². The van der Waals surface area contributed by atoms with Crippen molar-refractivity contribution in [3.63, 3.8) is 0 Å². The summed E-state index contributed by atoms with van der Waals surface area (Å²) in [5, 5.41) is 6.17. The average molecular weight is 360 g/mol. The largest absolute Gasteiger partial charge is 0.496 e. The summed E-state index contributed by atoms with van der Waals surface area (Å²) >= 11 is 0. The summed E-state index contributed by atoms with van der Waals surface area (Å²) in [6, 6.07) is 18.7. The van der Waals surface area contributed by atoms with Gasteiger partial charge in [0.2, 0.25) is 0 Å². The first kappa shape index (κ1) is 17.1. The summed E-state index contributed by atoms with van der Waals surface area (Å²) in [6.07, 6.45) is 2.17. The molecule has 4 rings (SSSR count). The second kappa shape index (κ2) is 7.11. The highest BCUT2D eigenvalue weighted by molar-refractivity contribution is 6.03. The first-order chi connectivity index (χ1) is 13.2. The van der Waals surface area contributed by atoms with Gasteiger partial charge in [0, 0.05) is 17.5 Å². The van der Waals surface area contributed by atoms with Gasteiger partial charge >= 0.3 is 0 Å². The Morgan fingerprint density at radius 2 is 2.00 bits per heavy atom. The first-order valence-corrected chi connectivity index (χ1v) is 8.82. The van der Waals surface area contributed by atoms with Gasteiger partial charge in [-0.1, -0.05) is 35.9 Å². The minimum Gasteiger partial charge on any atom is -0.496 e. The SMILES string of the molecule is COc1ccccc1C1CC(c2ccco2)=NN1C(=O)c1cccc(C)c1. The molecular weight excluding hydrogens is 340 g/mol. The Kier molecular flexibility index (Phi) is 4.50. The number of nitrogens with zero attached hydrogens (tertiary/aromatic N) is 2. The molecule has 3 aromatic rings. The molecule has 0 radical (unpaired) electrons. The molecular formula is C22H20N2O3. The number of hydrazone groups is 1. The fraction of sp³-hybridized carbons (Fsp3) is 0.182. The minimum absolute atomic E-state index is 0.142. The van der Waals surface area contributed by atoms with E-state index in [2.05, 4.69) is 5.10 Å². The molecule has 0 saturated heterocycles. The number of furan rings is 1. The van der Waals surface area contributed by atoms with Gasteiger partial charge in [-0.2, -0.15) is 5.10 Å². The molecule has 0 bridgehead atoms. The molecule has 1 aliphatic heterocycles. The zero-order chi connectivity index (χ0) is 18.8. The number of benzene rings is 2. The summed E-state index contributed by atoms with van der Waals surface area (Å²) in [6.45, 7) is 1.97. The number of amides is 1. The Morgan fingerprint density at radius 1 is 1.15 bits per heavy atom. The predicted octanol–water partition coefficient (Wildman–Crippen LogP) is 4.59. The van der Waals surface area contributed by atoms with Crippen LogP contribution >= 0.6 is 0 Å². The van der Waals surface area contributed by atoms with Crippen molar-refractivity contribution in [2.75, 3.05) is 7.11 Å². The van der Waals surface area contributed by atoms with Crippen molar-refractivity contribution >= 4 is 11.6 Å². The van der Waals surface area contributed by atoms with Crippen molar-refractivity contribution in [1.82, 2.24) is 5.01 Å². The number of ether oxygens (including phenoxy) is 1. The second-order valence-corrected chi connectivity index (χ2v) is 6.51. The van der Waals surface area contributed by atoms with Crippen LogP contribution in [0.15, 0.2) is 76.4 Å². The lowest BCUT2D eigenvalue weighted by molar-refractivity contribution is 0.0709. The Hall–Kier alpha value is -3.34. The van der Waals surface area contributed by atoms with Crippen LogP contribution in [0.1, 0.15) is 39.7 Å². The number of hydrogen-bond donors (Lipinski definition) is 0. The van der Waals surface area contributed by atoms with Crippen LogP contribution < -0.4 is 4.74 Å². The summed E-state index contributed by atoms with van der Waals surface area (Å²) in [7, 11) is 1.63. The first-order valence-electron chi connectivity index (χ1n) is 8.82. The van der Waals surface area contributed by atoms with Gasteiger partial charge in [0.05, 0.1) is 19.4 Å². The third kappa shape index (κ3) is 3.24. The van der Waals surface area contributed by atoms with E-state index in [-0.39, 0.29) is 11.9 Å². The number of aryl methyl sites for hydroxylation is 1. The maximum Gasteiger partial charge on any atom is 0.274 e. The van der Waals surface area contributed by atoms with E-state index in [9.17, 15) is 4.79 Å². The molecule has 0 aliphatic carbocycles. The van der Waals surface area contributed by atoms with Gasteiger partial charge in [0.15, 0.2) is 0 Å². The summed E-state index contributed by atoms with van der Waals surface area (Å²) in [4.78, 5) is 13.2. The molecule has 2 heterocycles. The van der Waals surface area contributed by atoms with Crippen molar-refractivity contribution in [3.8, 4) is 5.75 Å². The third-order valence-corrected chi connectivity index (χ3v) is 4.69. The Bertz CT molecular complexity index is 992. The molecule has 1 aliphatic rings. The molecule has 1 aromatic heterocycles. The van der Waals surface area contributed by atoms with E-state index in [1.165, 1.54) is 0 Å². The molecule has 0 spiro atoms.